The molecule has 0 saturated carbocycles. The molecule has 0 radical (unpaired) electrons. The minimum Gasteiger partial charge on any atom is -0.543 e. The van der Waals surface area contributed by atoms with Crippen LogP contribution in [0.25, 0.3) is 20.9 Å². The zero-order chi connectivity index (χ0) is 12.5. The number of hydrogen-bond donors (Lipinski definition) is 0. The van der Waals surface area contributed by atoms with Gasteiger partial charge in [-0.1, -0.05) is 12.1 Å². The maximum absolute atomic E-state index is 11.0. The smallest absolute Gasteiger partial charge is 0.543 e. The van der Waals surface area contributed by atoms with Gasteiger partial charge in [-0.15, -0.1) is 11.3 Å². The molecule has 0 unspecified atom stereocenters. The summed E-state index contributed by atoms with van der Waals surface area (Å²) >= 11 is 1.38. The van der Waals surface area contributed by atoms with Gasteiger partial charge in [-0.05, 0) is 12.1 Å². The Morgan fingerprint density at radius 2 is 1.89 bits per heavy atom. The number of benzene rings is 1. The Morgan fingerprint density at radius 3 is 2.63 bits per heavy atom. The van der Waals surface area contributed by atoms with Crippen molar-refractivity contribution in [2.75, 3.05) is 0 Å². The van der Waals surface area contributed by atoms with Crippen LogP contribution in [-0.2, 0) is 0 Å². The molecule has 0 aliphatic heterocycles. The molecule has 88 valence electrons. The fourth-order valence-corrected chi connectivity index (χ4v) is 2.58. The van der Waals surface area contributed by atoms with Crippen molar-refractivity contribution in [2.45, 2.75) is 0 Å². The fourth-order valence-electron chi connectivity index (χ4n) is 1.62. The molecule has 5 nitrogen and oxygen atoms in total. The summed E-state index contributed by atoms with van der Waals surface area (Å²) in [5.74, 6) is -1.35. The third-order valence-corrected chi connectivity index (χ3v) is 3.43. The minimum atomic E-state index is -1.35. The van der Waals surface area contributed by atoms with Crippen LogP contribution in [0.15, 0.2) is 36.7 Å². The first-order chi connectivity index (χ1) is 8.75. The van der Waals surface area contributed by atoms with Gasteiger partial charge >= 0.3 is 51.4 Å². The second-order valence-corrected chi connectivity index (χ2v) is 4.56. The fraction of sp³-hybridized carbons (Fsp3) is 0. The molecule has 0 amide bonds. The SMILES string of the molecule is O=C([O-])c1nccnc1-c1nc2ccccc2s1.[K+]. The van der Waals surface area contributed by atoms with E-state index in [1.807, 2.05) is 24.3 Å². The molecule has 3 rings (SSSR count). The summed E-state index contributed by atoms with van der Waals surface area (Å²) in [6.07, 6.45) is 2.76. The van der Waals surface area contributed by atoms with E-state index in [9.17, 15) is 9.90 Å². The molecule has 2 aromatic heterocycles. The Bertz CT molecular complexity index is 711. The number of carbonyl (C=O) groups excluding carboxylic acids is 1. The number of aromatic carboxylic acids is 1. The number of carboxylic acids is 1. The van der Waals surface area contributed by atoms with Gasteiger partial charge in [0, 0.05) is 12.4 Å². The monoisotopic (exact) mass is 295 g/mol. The standard InChI is InChI=1S/C12H7N3O2S.K/c16-12(17)10-9(13-5-6-14-10)11-15-7-3-1-2-4-8(7)18-11;/h1-6H,(H,16,17);/q;+1/p-1. The van der Waals surface area contributed by atoms with Crippen LogP contribution >= 0.6 is 11.3 Å². The van der Waals surface area contributed by atoms with Gasteiger partial charge in [0.05, 0.1) is 16.2 Å². The van der Waals surface area contributed by atoms with E-state index in [-0.39, 0.29) is 62.8 Å². The summed E-state index contributed by atoms with van der Waals surface area (Å²) in [7, 11) is 0. The molecule has 0 atom stereocenters. The molecule has 0 N–H and O–H groups in total. The molecular formula is C12H6KN3O2S. The van der Waals surface area contributed by atoms with Gasteiger partial charge in [0.15, 0.2) is 0 Å². The predicted octanol–water partition coefficient (Wildman–Crippen LogP) is -1.88. The van der Waals surface area contributed by atoms with Crippen LogP contribution in [0.3, 0.4) is 0 Å². The molecule has 19 heavy (non-hydrogen) atoms. The summed E-state index contributed by atoms with van der Waals surface area (Å²) in [6, 6.07) is 7.57. The van der Waals surface area contributed by atoms with Gasteiger partial charge in [-0.25, -0.2) is 9.97 Å². The first-order valence-corrected chi connectivity index (χ1v) is 5.95. The number of hydrogen-bond acceptors (Lipinski definition) is 6. The van der Waals surface area contributed by atoms with Crippen LogP contribution in [0.4, 0.5) is 0 Å². The van der Waals surface area contributed by atoms with Crippen LogP contribution < -0.4 is 56.5 Å². The molecule has 3 aromatic rings. The topological polar surface area (TPSA) is 78.8 Å². The van der Waals surface area contributed by atoms with Gasteiger partial charge in [-0.2, -0.15) is 0 Å². The van der Waals surface area contributed by atoms with Crippen molar-refractivity contribution >= 4 is 27.5 Å². The maximum Gasteiger partial charge on any atom is 1.00 e. The van der Waals surface area contributed by atoms with Gasteiger partial charge in [0.2, 0.25) is 0 Å². The molecule has 0 spiro atoms. The van der Waals surface area contributed by atoms with Crippen molar-refractivity contribution in [1.29, 1.82) is 0 Å². The summed E-state index contributed by atoms with van der Waals surface area (Å²) in [6.45, 7) is 0. The molecule has 7 heteroatoms. The first kappa shape index (κ1) is 14.7. The number of thiazole rings is 1. The maximum atomic E-state index is 11.0. The summed E-state index contributed by atoms with van der Waals surface area (Å²) in [4.78, 5) is 23.1. The second kappa shape index (κ2) is 6.16. The molecule has 0 bridgehead atoms. The number of aromatic nitrogens is 3. The van der Waals surface area contributed by atoms with Crippen LogP contribution in [0.1, 0.15) is 10.5 Å². The number of carbonyl (C=O) groups is 1. The van der Waals surface area contributed by atoms with E-state index in [4.69, 9.17) is 0 Å². The molecule has 0 saturated heterocycles. The molecule has 1 aromatic carbocycles. The summed E-state index contributed by atoms with van der Waals surface area (Å²) in [5, 5.41) is 11.5. The van der Waals surface area contributed by atoms with Gasteiger partial charge in [0.25, 0.3) is 0 Å². The van der Waals surface area contributed by atoms with Crippen molar-refractivity contribution in [3.63, 3.8) is 0 Å². The number of rotatable bonds is 2. The average molecular weight is 295 g/mol. The summed E-state index contributed by atoms with van der Waals surface area (Å²) in [5.41, 5.74) is 0.878. The van der Waals surface area contributed by atoms with Crippen LogP contribution in [0, 0.1) is 0 Å². The zero-order valence-corrected chi connectivity index (χ0v) is 14.0. The number of nitrogens with zero attached hydrogens (tertiary/aromatic N) is 3. The van der Waals surface area contributed by atoms with Gasteiger partial charge in [-0.3, -0.25) is 4.98 Å². The normalized spacial score (nSPS) is 10.1. The van der Waals surface area contributed by atoms with E-state index in [2.05, 4.69) is 15.0 Å². The van der Waals surface area contributed by atoms with Crippen molar-refractivity contribution in [3.8, 4) is 10.7 Å². The van der Waals surface area contributed by atoms with Crippen LogP contribution in [0.5, 0.6) is 0 Å². The quantitative estimate of drug-likeness (QED) is 0.517. The predicted molar refractivity (Wildman–Crippen MR) is 65.0 cm³/mol. The second-order valence-electron chi connectivity index (χ2n) is 3.53. The van der Waals surface area contributed by atoms with E-state index in [0.717, 1.165) is 10.2 Å². The van der Waals surface area contributed by atoms with E-state index in [1.165, 1.54) is 23.7 Å². The van der Waals surface area contributed by atoms with E-state index in [1.54, 1.807) is 0 Å². The van der Waals surface area contributed by atoms with E-state index < -0.39 is 5.97 Å². The van der Waals surface area contributed by atoms with Crippen molar-refractivity contribution in [3.05, 3.63) is 42.4 Å². The Morgan fingerprint density at radius 1 is 1.16 bits per heavy atom. The average Bonchev–Trinajstić information content (AvgIpc) is 2.82. The largest absolute Gasteiger partial charge is 1.00 e. The zero-order valence-electron chi connectivity index (χ0n) is 10.0. The number of para-hydroxylation sites is 1. The van der Waals surface area contributed by atoms with Crippen molar-refractivity contribution < 1.29 is 61.3 Å². The Kier molecular flexibility index (Phi) is 4.77. The molecule has 0 aliphatic rings. The number of fused-ring (bicyclic) bond motifs is 1. The molecule has 0 aliphatic carbocycles. The van der Waals surface area contributed by atoms with Gasteiger partial charge < -0.3 is 9.90 Å². The van der Waals surface area contributed by atoms with Crippen molar-refractivity contribution in [1.82, 2.24) is 15.0 Å². The van der Waals surface area contributed by atoms with Crippen LogP contribution in [0.2, 0.25) is 0 Å². The van der Waals surface area contributed by atoms with Crippen LogP contribution in [-0.4, -0.2) is 20.9 Å². The molecular weight excluding hydrogens is 289 g/mol. The summed E-state index contributed by atoms with van der Waals surface area (Å²) < 4.78 is 0.974. The van der Waals surface area contributed by atoms with Gasteiger partial charge in [0.1, 0.15) is 16.4 Å². The van der Waals surface area contributed by atoms with E-state index in [0.29, 0.717) is 5.01 Å². The Labute approximate surface area is 155 Å². The molecule has 2 heterocycles. The third kappa shape index (κ3) is 2.91. The minimum absolute atomic E-state index is 0. The number of carboxylic acid groups (broad SMARTS) is 1. The Balaban J connectivity index is 0.00000133. The first-order valence-electron chi connectivity index (χ1n) is 5.14. The Hall–Kier alpha value is -0.704. The van der Waals surface area contributed by atoms with E-state index >= 15 is 0 Å². The third-order valence-electron chi connectivity index (χ3n) is 2.39. The molecule has 0 fully saturated rings. The van der Waals surface area contributed by atoms with Crippen molar-refractivity contribution in [2.24, 2.45) is 0 Å².